The number of halogens is 1. The quantitative estimate of drug-likeness (QED) is 0.744. The van der Waals surface area contributed by atoms with Gasteiger partial charge < -0.3 is 5.11 Å². The van der Waals surface area contributed by atoms with E-state index < -0.39 is 0 Å². The molecule has 2 aromatic carbocycles. The predicted molar refractivity (Wildman–Crippen MR) is 98.1 cm³/mol. The number of hydrogen-bond donors (Lipinski definition) is 2. The Kier molecular flexibility index (Phi) is 3.82. The van der Waals surface area contributed by atoms with Crippen molar-refractivity contribution >= 4 is 34.4 Å². The molecule has 1 aromatic heterocycles. The number of aliphatic imine (C=N–C) groups is 1. The van der Waals surface area contributed by atoms with Gasteiger partial charge in [-0.3, -0.25) is 14.8 Å². The van der Waals surface area contributed by atoms with Crippen molar-refractivity contribution in [3.8, 4) is 5.88 Å². The maximum atomic E-state index is 13.6. The van der Waals surface area contributed by atoms with Crippen LogP contribution in [0.3, 0.4) is 0 Å². The molecule has 0 unspecified atom stereocenters. The first-order valence-corrected chi connectivity index (χ1v) is 8.47. The van der Waals surface area contributed by atoms with Gasteiger partial charge in [0, 0.05) is 17.4 Å². The van der Waals surface area contributed by atoms with Gasteiger partial charge in [-0.15, -0.1) is 0 Å². The molecule has 0 aliphatic carbocycles. The third-order valence-corrected chi connectivity index (χ3v) is 4.96. The molecule has 1 aliphatic rings. The van der Waals surface area contributed by atoms with Crippen LogP contribution in [0.15, 0.2) is 58.3 Å². The topological polar surface area (TPSA) is 65.5 Å². The van der Waals surface area contributed by atoms with Crippen molar-refractivity contribution < 1.29 is 9.50 Å². The summed E-state index contributed by atoms with van der Waals surface area (Å²) < 4.78 is 13.6. The molecular formula is C19H13FN2O2S. The largest absolute Gasteiger partial charge is 0.493 e. The number of allylic oxidation sites excluding steroid dienone is 2. The number of H-pyrrole nitrogens is 1. The van der Waals surface area contributed by atoms with Crippen LogP contribution in [-0.4, -0.2) is 16.3 Å². The summed E-state index contributed by atoms with van der Waals surface area (Å²) in [5, 5.41) is 10.1. The van der Waals surface area contributed by atoms with Crippen molar-refractivity contribution in [2.45, 2.75) is 6.42 Å². The molecule has 0 fully saturated rings. The maximum Gasteiger partial charge on any atom is 0.307 e. The van der Waals surface area contributed by atoms with Crippen LogP contribution in [0.2, 0.25) is 0 Å². The SMILES string of the molecule is O=c1[nH]c(O)c(C(Cc2cccc(F)c2)=C2C=Nc3ccccc32)s1. The fraction of sp³-hybridized carbons (Fsp3) is 0.0526. The number of benzene rings is 2. The zero-order valence-corrected chi connectivity index (χ0v) is 13.8. The van der Waals surface area contributed by atoms with Crippen molar-refractivity contribution in [2.24, 2.45) is 4.99 Å². The van der Waals surface area contributed by atoms with Crippen LogP contribution in [0.4, 0.5) is 10.1 Å². The van der Waals surface area contributed by atoms with E-state index in [9.17, 15) is 14.3 Å². The monoisotopic (exact) mass is 352 g/mol. The van der Waals surface area contributed by atoms with Crippen LogP contribution >= 0.6 is 11.3 Å². The molecule has 0 saturated heterocycles. The second-order valence-corrected chi connectivity index (χ2v) is 6.65. The molecule has 0 amide bonds. The van der Waals surface area contributed by atoms with Crippen LogP contribution < -0.4 is 4.87 Å². The lowest BCUT2D eigenvalue weighted by atomic mass is 9.95. The Hall–Kier alpha value is -2.99. The number of thiazole rings is 1. The third kappa shape index (κ3) is 2.92. The maximum absolute atomic E-state index is 13.6. The van der Waals surface area contributed by atoms with Gasteiger partial charge in [0.15, 0.2) is 0 Å². The highest BCUT2D eigenvalue weighted by Gasteiger charge is 2.21. The van der Waals surface area contributed by atoms with Crippen LogP contribution in [0.5, 0.6) is 5.88 Å². The minimum absolute atomic E-state index is 0.174. The van der Waals surface area contributed by atoms with Crippen LogP contribution in [-0.2, 0) is 6.42 Å². The molecule has 124 valence electrons. The third-order valence-electron chi connectivity index (χ3n) is 4.03. The lowest BCUT2D eigenvalue weighted by Crippen LogP contribution is -1.95. The number of aromatic nitrogens is 1. The second kappa shape index (κ2) is 6.14. The number of fused-ring (bicyclic) bond motifs is 1. The molecule has 0 atom stereocenters. The molecule has 2 N–H and O–H groups in total. The summed E-state index contributed by atoms with van der Waals surface area (Å²) in [7, 11) is 0. The van der Waals surface area contributed by atoms with Crippen molar-refractivity contribution in [3.63, 3.8) is 0 Å². The van der Waals surface area contributed by atoms with E-state index in [-0.39, 0.29) is 16.6 Å². The Morgan fingerprint density at radius 2 is 2.04 bits per heavy atom. The van der Waals surface area contributed by atoms with E-state index in [1.54, 1.807) is 12.3 Å². The van der Waals surface area contributed by atoms with Gasteiger partial charge in [0.25, 0.3) is 0 Å². The van der Waals surface area contributed by atoms with Gasteiger partial charge in [-0.05, 0) is 35.8 Å². The van der Waals surface area contributed by atoms with E-state index >= 15 is 0 Å². The Bertz CT molecular complexity index is 1080. The van der Waals surface area contributed by atoms with Crippen LogP contribution in [0.1, 0.15) is 16.0 Å². The molecule has 6 heteroatoms. The number of aromatic amines is 1. The Morgan fingerprint density at radius 1 is 1.20 bits per heavy atom. The summed E-state index contributed by atoms with van der Waals surface area (Å²) in [5.74, 6) is -0.500. The first-order chi connectivity index (χ1) is 12.1. The summed E-state index contributed by atoms with van der Waals surface area (Å²) in [6, 6.07) is 13.9. The van der Waals surface area contributed by atoms with Gasteiger partial charge in [-0.25, -0.2) is 4.39 Å². The Labute approximate surface area is 146 Å². The molecule has 4 nitrogen and oxygen atoms in total. The standard InChI is InChI=1S/C19H13FN2O2S/c20-12-5-3-4-11(8-12)9-14(17-18(23)22-19(24)25-17)15-10-21-16-7-2-1-6-13(15)16/h1-8,10,23H,9H2,(H,22,24). The first-order valence-electron chi connectivity index (χ1n) is 7.65. The fourth-order valence-electron chi connectivity index (χ4n) is 2.93. The van der Waals surface area contributed by atoms with Gasteiger partial charge in [0.1, 0.15) is 5.82 Å². The summed E-state index contributed by atoms with van der Waals surface area (Å²) in [6.07, 6.45) is 2.09. The van der Waals surface area contributed by atoms with E-state index in [0.717, 1.165) is 39.3 Å². The molecule has 25 heavy (non-hydrogen) atoms. The molecule has 3 aromatic rings. The molecule has 1 aliphatic heterocycles. The fourth-order valence-corrected chi connectivity index (χ4v) is 3.72. The minimum atomic E-state index is -0.340. The van der Waals surface area contributed by atoms with Crippen molar-refractivity contribution in [1.29, 1.82) is 0 Å². The lowest BCUT2D eigenvalue weighted by Gasteiger charge is -2.10. The second-order valence-electron chi connectivity index (χ2n) is 5.67. The Morgan fingerprint density at radius 3 is 2.80 bits per heavy atom. The highest BCUT2D eigenvalue weighted by Crippen LogP contribution is 2.40. The smallest absolute Gasteiger partial charge is 0.307 e. The number of para-hydroxylation sites is 1. The van der Waals surface area contributed by atoms with E-state index in [1.807, 2.05) is 30.3 Å². The van der Waals surface area contributed by atoms with Gasteiger partial charge in [0.05, 0.1) is 10.6 Å². The average molecular weight is 352 g/mol. The molecule has 0 bridgehead atoms. The zero-order chi connectivity index (χ0) is 17.4. The molecule has 0 saturated carbocycles. The van der Waals surface area contributed by atoms with Crippen molar-refractivity contribution in [3.05, 3.63) is 80.0 Å². The van der Waals surface area contributed by atoms with E-state index in [4.69, 9.17) is 0 Å². The number of nitrogens with one attached hydrogen (secondary N) is 1. The van der Waals surface area contributed by atoms with Crippen molar-refractivity contribution in [2.75, 3.05) is 0 Å². The molecular weight excluding hydrogens is 339 g/mol. The summed E-state index contributed by atoms with van der Waals surface area (Å²) in [5.41, 5.74) is 4.07. The van der Waals surface area contributed by atoms with Crippen LogP contribution in [0.25, 0.3) is 11.1 Å². The lowest BCUT2D eigenvalue weighted by molar-refractivity contribution is 0.454. The van der Waals surface area contributed by atoms with Gasteiger partial charge in [-0.2, -0.15) is 0 Å². The predicted octanol–water partition coefficient (Wildman–Crippen LogP) is 4.15. The average Bonchev–Trinajstić information content (AvgIpc) is 3.16. The number of nitrogens with zero attached hydrogens (tertiary/aromatic N) is 1. The van der Waals surface area contributed by atoms with E-state index in [0.29, 0.717) is 11.3 Å². The van der Waals surface area contributed by atoms with Gasteiger partial charge in [-0.1, -0.05) is 41.7 Å². The normalized spacial score (nSPS) is 14.6. The molecule has 0 radical (unpaired) electrons. The highest BCUT2D eigenvalue weighted by atomic mass is 32.1. The highest BCUT2D eigenvalue weighted by molar-refractivity contribution is 7.10. The van der Waals surface area contributed by atoms with E-state index in [2.05, 4.69) is 9.98 Å². The van der Waals surface area contributed by atoms with Crippen LogP contribution in [0, 0.1) is 5.82 Å². The van der Waals surface area contributed by atoms with Gasteiger partial charge >= 0.3 is 4.87 Å². The molecule has 0 spiro atoms. The summed E-state index contributed by atoms with van der Waals surface area (Å²) in [6.45, 7) is 0. The summed E-state index contributed by atoms with van der Waals surface area (Å²) >= 11 is 0.933. The summed E-state index contributed by atoms with van der Waals surface area (Å²) in [4.78, 5) is 18.6. The zero-order valence-electron chi connectivity index (χ0n) is 13.0. The Balaban J connectivity index is 1.91. The van der Waals surface area contributed by atoms with Gasteiger partial charge in [0.2, 0.25) is 5.88 Å². The molecule has 4 rings (SSSR count). The number of aromatic hydroxyl groups is 1. The first kappa shape index (κ1) is 15.5. The van der Waals surface area contributed by atoms with E-state index in [1.165, 1.54) is 12.1 Å². The number of hydrogen-bond acceptors (Lipinski definition) is 4. The minimum Gasteiger partial charge on any atom is -0.493 e. The molecule has 2 heterocycles. The van der Waals surface area contributed by atoms with Crippen molar-refractivity contribution in [1.82, 2.24) is 4.98 Å². The number of rotatable bonds is 3.